The molecule has 5 heteroatoms. The van der Waals surface area contributed by atoms with Crippen molar-refractivity contribution in [1.82, 2.24) is 4.90 Å². The lowest BCUT2D eigenvalue weighted by Crippen LogP contribution is -2.45. The fourth-order valence-corrected chi connectivity index (χ4v) is 2.34. The average Bonchev–Trinajstić information content (AvgIpc) is 2.32. The predicted molar refractivity (Wildman–Crippen MR) is 72.2 cm³/mol. The zero-order valence-electron chi connectivity index (χ0n) is 9.33. The number of nitrogens with zero attached hydrogens (tertiary/aromatic N) is 1. The third kappa shape index (κ3) is 2.95. The zero-order valence-corrected chi connectivity index (χ0v) is 11.5. The lowest BCUT2D eigenvalue weighted by Gasteiger charge is -2.30. The maximum Gasteiger partial charge on any atom is 0.254 e. The van der Waals surface area contributed by atoms with E-state index < -0.39 is 0 Å². The molecule has 1 aliphatic rings. The average molecular weight is 348 g/mol. The van der Waals surface area contributed by atoms with E-state index in [1.165, 1.54) is 6.07 Å². The molecule has 92 valence electrons. The van der Waals surface area contributed by atoms with Crippen molar-refractivity contribution < 1.29 is 9.18 Å². The van der Waals surface area contributed by atoms with Crippen molar-refractivity contribution in [2.45, 2.75) is 18.9 Å². The van der Waals surface area contributed by atoms with Crippen LogP contribution in [0, 0.1) is 9.39 Å². The van der Waals surface area contributed by atoms with E-state index in [-0.39, 0.29) is 17.8 Å². The molecule has 1 heterocycles. The lowest BCUT2D eigenvalue weighted by molar-refractivity contribution is 0.0708. The van der Waals surface area contributed by atoms with Gasteiger partial charge in [-0.25, -0.2) is 4.39 Å². The van der Waals surface area contributed by atoms with E-state index in [2.05, 4.69) is 0 Å². The van der Waals surface area contributed by atoms with Crippen LogP contribution in [0.4, 0.5) is 4.39 Å². The summed E-state index contributed by atoms with van der Waals surface area (Å²) in [5, 5.41) is 0. The van der Waals surface area contributed by atoms with Gasteiger partial charge in [0.25, 0.3) is 5.91 Å². The first-order valence-electron chi connectivity index (χ1n) is 5.58. The molecule has 0 saturated carbocycles. The van der Waals surface area contributed by atoms with E-state index in [0.717, 1.165) is 12.8 Å². The first kappa shape index (κ1) is 12.8. The molecule has 1 aromatic carbocycles. The number of likely N-dealkylation sites (tertiary alicyclic amines) is 1. The largest absolute Gasteiger partial charge is 0.337 e. The Morgan fingerprint density at radius 1 is 1.53 bits per heavy atom. The standard InChI is InChI=1S/C12H14FIN2O/c13-10-6-8(3-4-11(10)14)12(17)16-5-1-2-9(15)7-16/h3-4,6,9H,1-2,5,7,15H2. The molecule has 1 fully saturated rings. The van der Waals surface area contributed by atoms with Crippen LogP contribution in [0.25, 0.3) is 0 Å². The number of piperidine rings is 1. The number of amides is 1. The second-order valence-electron chi connectivity index (χ2n) is 4.28. The second kappa shape index (κ2) is 5.30. The third-order valence-corrected chi connectivity index (χ3v) is 3.79. The van der Waals surface area contributed by atoms with Crippen molar-refractivity contribution in [1.29, 1.82) is 0 Å². The molecule has 1 saturated heterocycles. The Morgan fingerprint density at radius 3 is 2.94 bits per heavy atom. The number of carbonyl (C=O) groups excluding carboxylic acids is 1. The molecule has 1 aliphatic heterocycles. The van der Waals surface area contributed by atoms with Gasteiger partial charge in [0, 0.05) is 28.3 Å². The summed E-state index contributed by atoms with van der Waals surface area (Å²) >= 11 is 1.90. The first-order chi connectivity index (χ1) is 8.08. The van der Waals surface area contributed by atoms with Gasteiger partial charge in [-0.2, -0.15) is 0 Å². The van der Waals surface area contributed by atoms with Crippen molar-refractivity contribution in [3.63, 3.8) is 0 Å². The van der Waals surface area contributed by atoms with E-state index in [4.69, 9.17) is 5.73 Å². The Labute approximate surface area is 113 Å². The fraction of sp³-hybridized carbons (Fsp3) is 0.417. The summed E-state index contributed by atoms with van der Waals surface area (Å²) in [6.45, 7) is 1.27. The Kier molecular flexibility index (Phi) is 3.98. The molecule has 0 bridgehead atoms. The van der Waals surface area contributed by atoms with Gasteiger partial charge in [-0.3, -0.25) is 4.79 Å². The minimum absolute atomic E-state index is 0.0430. The van der Waals surface area contributed by atoms with Crippen molar-refractivity contribution in [3.8, 4) is 0 Å². The van der Waals surface area contributed by atoms with Gasteiger partial charge in [0.1, 0.15) is 5.82 Å². The molecule has 3 nitrogen and oxygen atoms in total. The predicted octanol–water partition coefficient (Wildman–Crippen LogP) is 1.99. The topological polar surface area (TPSA) is 46.3 Å². The van der Waals surface area contributed by atoms with Crippen LogP contribution >= 0.6 is 22.6 Å². The van der Waals surface area contributed by atoms with E-state index in [1.54, 1.807) is 17.0 Å². The fourth-order valence-electron chi connectivity index (χ4n) is 2.01. The molecule has 0 radical (unpaired) electrons. The van der Waals surface area contributed by atoms with Crippen LogP contribution in [0.3, 0.4) is 0 Å². The van der Waals surface area contributed by atoms with E-state index in [1.807, 2.05) is 22.6 Å². The van der Waals surface area contributed by atoms with Crippen LogP contribution in [0.5, 0.6) is 0 Å². The SMILES string of the molecule is NC1CCCN(C(=O)c2ccc(I)c(F)c2)C1. The molecular weight excluding hydrogens is 334 g/mol. The van der Waals surface area contributed by atoms with Crippen molar-refractivity contribution >= 4 is 28.5 Å². The summed E-state index contributed by atoms with van der Waals surface area (Å²) < 4.78 is 13.9. The van der Waals surface area contributed by atoms with Crippen LogP contribution in [0.15, 0.2) is 18.2 Å². The zero-order chi connectivity index (χ0) is 12.4. The number of rotatable bonds is 1. The van der Waals surface area contributed by atoms with E-state index in [9.17, 15) is 9.18 Å². The highest BCUT2D eigenvalue weighted by Gasteiger charge is 2.22. The van der Waals surface area contributed by atoms with Gasteiger partial charge >= 0.3 is 0 Å². The van der Waals surface area contributed by atoms with Crippen LogP contribution in [0.1, 0.15) is 23.2 Å². The summed E-state index contributed by atoms with van der Waals surface area (Å²) in [5.41, 5.74) is 6.23. The molecule has 2 rings (SSSR count). The molecule has 0 aromatic heterocycles. The van der Waals surface area contributed by atoms with Crippen LogP contribution < -0.4 is 5.73 Å². The number of hydrogen-bond acceptors (Lipinski definition) is 2. The minimum atomic E-state index is -0.349. The number of hydrogen-bond donors (Lipinski definition) is 1. The number of carbonyl (C=O) groups is 1. The van der Waals surface area contributed by atoms with Crippen LogP contribution in [-0.4, -0.2) is 29.9 Å². The Bertz CT molecular complexity index is 439. The minimum Gasteiger partial charge on any atom is -0.337 e. The quantitative estimate of drug-likeness (QED) is 0.789. The van der Waals surface area contributed by atoms with Crippen molar-refractivity contribution in [2.75, 3.05) is 13.1 Å². The first-order valence-corrected chi connectivity index (χ1v) is 6.65. The summed E-state index contributed by atoms with van der Waals surface area (Å²) in [4.78, 5) is 13.8. The molecule has 17 heavy (non-hydrogen) atoms. The summed E-state index contributed by atoms with van der Waals surface area (Å²) in [5.74, 6) is -0.479. The summed E-state index contributed by atoms with van der Waals surface area (Å²) in [6, 6.07) is 4.62. The number of benzene rings is 1. The van der Waals surface area contributed by atoms with Gasteiger partial charge in [0.2, 0.25) is 0 Å². The summed E-state index contributed by atoms with van der Waals surface area (Å²) in [6.07, 6.45) is 1.87. The molecule has 1 amide bonds. The molecule has 1 aromatic rings. The molecule has 1 atom stereocenters. The van der Waals surface area contributed by atoms with Gasteiger partial charge in [-0.1, -0.05) is 0 Å². The highest BCUT2D eigenvalue weighted by Crippen LogP contribution is 2.16. The smallest absolute Gasteiger partial charge is 0.254 e. The molecular formula is C12H14FIN2O. The van der Waals surface area contributed by atoms with E-state index >= 15 is 0 Å². The van der Waals surface area contributed by atoms with Gasteiger partial charge in [-0.05, 0) is 53.6 Å². The molecule has 0 spiro atoms. The maximum atomic E-state index is 13.4. The van der Waals surface area contributed by atoms with Crippen molar-refractivity contribution in [3.05, 3.63) is 33.1 Å². The third-order valence-electron chi connectivity index (χ3n) is 2.91. The Morgan fingerprint density at radius 2 is 2.29 bits per heavy atom. The Balaban J connectivity index is 2.15. The van der Waals surface area contributed by atoms with Gasteiger partial charge in [0.15, 0.2) is 0 Å². The van der Waals surface area contributed by atoms with Crippen molar-refractivity contribution in [2.24, 2.45) is 5.73 Å². The maximum absolute atomic E-state index is 13.4. The second-order valence-corrected chi connectivity index (χ2v) is 5.44. The monoisotopic (exact) mass is 348 g/mol. The normalized spacial score (nSPS) is 20.4. The van der Waals surface area contributed by atoms with Crippen LogP contribution in [-0.2, 0) is 0 Å². The molecule has 2 N–H and O–H groups in total. The lowest BCUT2D eigenvalue weighted by atomic mass is 10.1. The van der Waals surface area contributed by atoms with Gasteiger partial charge in [0.05, 0.1) is 0 Å². The number of halogens is 2. The molecule has 1 unspecified atom stereocenters. The van der Waals surface area contributed by atoms with Gasteiger partial charge < -0.3 is 10.6 Å². The van der Waals surface area contributed by atoms with Crippen LogP contribution in [0.2, 0.25) is 0 Å². The highest BCUT2D eigenvalue weighted by atomic mass is 127. The number of nitrogens with two attached hydrogens (primary N) is 1. The van der Waals surface area contributed by atoms with Gasteiger partial charge in [-0.15, -0.1) is 0 Å². The molecule has 0 aliphatic carbocycles. The van der Waals surface area contributed by atoms with E-state index in [0.29, 0.717) is 22.2 Å². The summed E-state index contributed by atoms with van der Waals surface area (Å²) in [7, 11) is 0. The highest BCUT2D eigenvalue weighted by molar-refractivity contribution is 14.1. The Hall–Kier alpha value is -0.690.